The molecule has 0 aliphatic heterocycles. The fraction of sp³-hybridized carbons (Fsp3) is 1.00. The highest BCUT2D eigenvalue weighted by Gasteiger charge is 2.38. The van der Waals surface area contributed by atoms with Crippen LogP contribution in [0.4, 0.5) is 0 Å². The molecule has 0 radical (unpaired) electrons. The Kier molecular flexibility index (Phi) is 5.26. The van der Waals surface area contributed by atoms with Gasteiger partial charge < -0.3 is 10.0 Å². The highest BCUT2D eigenvalue weighted by molar-refractivity contribution is 4.92. The molecule has 1 saturated carbocycles. The molecule has 1 aliphatic carbocycles. The molecule has 0 saturated heterocycles. The van der Waals surface area contributed by atoms with Gasteiger partial charge in [0.1, 0.15) is 0 Å². The molecule has 0 spiro atoms. The molecule has 96 valence electrons. The number of aliphatic hydroxyl groups is 1. The Morgan fingerprint density at radius 2 is 2.00 bits per heavy atom. The Morgan fingerprint density at radius 1 is 1.31 bits per heavy atom. The third kappa shape index (κ3) is 3.46. The molecule has 2 unspecified atom stereocenters. The molecular formula is C14H29NO. The van der Waals surface area contributed by atoms with Crippen LogP contribution in [0.3, 0.4) is 0 Å². The van der Waals surface area contributed by atoms with Gasteiger partial charge in [0.05, 0.1) is 6.10 Å². The van der Waals surface area contributed by atoms with Gasteiger partial charge in [-0.2, -0.15) is 0 Å². The van der Waals surface area contributed by atoms with Crippen molar-refractivity contribution >= 4 is 0 Å². The van der Waals surface area contributed by atoms with Crippen molar-refractivity contribution in [2.45, 2.75) is 71.9 Å². The van der Waals surface area contributed by atoms with Crippen LogP contribution in [0.15, 0.2) is 0 Å². The van der Waals surface area contributed by atoms with Gasteiger partial charge in [-0.1, -0.05) is 34.1 Å². The fourth-order valence-corrected chi connectivity index (χ4v) is 2.94. The number of aliphatic hydroxyl groups excluding tert-OH is 1. The van der Waals surface area contributed by atoms with Crippen molar-refractivity contribution in [2.24, 2.45) is 5.41 Å². The molecule has 16 heavy (non-hydrogen) atoms. The second-order valence-corrected chi connectivity index (χ2v) is 5.91. The second kappa shape index (κ2) is 6.02. The molecular weight excluding hydrogens is 198 g/mol. The van der Waals surface area contributed by atoms with Crippen LogP contribution in [0.2, 0.25) is 0 Å². The first-order valence-corrected chi connectivity index (χ1v) is 6.93. The smallest absolute Gasteiger partial charge is 0.0555 e. The van der Waals surface area contributed by atoms with E-state index in [0.29, 0.717) is 11.5 Å². The minimum Gasteiger partial charge on any atom is -0.393 e. The summed E-state index contributed by atoms with van der Waals surface area (Å²) in [6.07, 6.45) is 5.55. The topological polar surface area (TPSA) is 23.5 Å². The van der Waals surface area contributed by atoms with Gasteiger partial charge in [0.2, 0.25) is 0 Å². The third-order valence-electron chi connectivity index (χ3n) is 4.17. The summed E-state index contributed by atoms with van der Waals surface area (Å²) in [6.45, 7) is 11.5. The lowest BCUT2D eigenvalue weighted by molar-refractivity contribution is -0.00998. The molecule has 1 N–H and O–H groups in total. The molecule has 0 aromatic carbocycles. The zero-order valence-electron chi connectivity index (χ0n) is 11.5. The van der Waals surface area contributed by atoms with E-state index in [1.807, 2.05) is 0 Å². The predicted molar refractivity (Wildman–Crippen MR) is 69.6 cm³/mol. The molecule has 0 amide bonds. The first-order chi connectivity index (χ1) is 7.51. The van der Waals surface area contributed by atoms with E-state index in [2.05, 4.69) is 32.6 Å². The summed E-state index contributed by atoms with van der Waals surface area (Å²) in [5, 5.41) is 9.85. The van der Waals surface area contributed by atoms with E-state index < -0.39 is 0 Å². The van der Waals surface area contributed by atoms with Crippen molar-refractivity contribution in [3.8, 4) is 0 Å². The molecule has 0 heterocycles. The van der Waals surface area contributed by atoms with Gasteiger partial charge in [0.25, 0.3) is 0 Å². The second-order valence-electron chi connectivity index (χ2n) is 5.91. The monoisotopic (exact) mass is 227 g/mol. The quantitative estimate of drug-likeness (QED) is 0.780. The number of nitrogens with zero attached hydrogens (tertiary/aromatic N) is 1. The lowest BCUT2D eigenvalue weighted by atomic mass is 9.71. The van der Waals surface area contributed by atoms with E-state index in [0.717, 1.165) is 25.8 Å². The van der Waals surface area contributed by atoms with E-state index >= 15 is 0 Å². The zero-order valence-corrected chi connectivity index (χ0v) is 11.5. The van der Waals surface area contributed by atoms with Gasteiger partial charge in [-0.25, -0.2) is 0 Å². The SMILES string of the molecule is CCCCN(CC)C1CC(O)CCC1(C)C. The summed E-state index contributed by atoms with van der Waals surface area (Å²) in [7, 11) is 0. The molecule has 0 aromatic heterocycles. The van der Waals surface area contributed by atoms with Crippen LogP contribution in [0.1, 0.15) is 59.8 Å². The minimum absolute atomic E-state index is 0.0753. The van der Waals surface area contributed by atoms with Crippen molar-refractivity contribution in [2.75, 3.05) is 13.1 Å². The normalized spacial score (nSPS) is 29.6. The Morgan fingerprint density at radius 3 is 2.56 bits per heavy atom. The summed E-state index contributed by atoms with van der Waals surface area (Å²) in [4.78, 5) is 2.58. The van der Waals surface area contributed by atoms with Crippen molar-refractivity contribution in [3.05, 3.63) is 0 Å². The van der Waals surface area contributed by atoms with Gasteiger partial charge in [-0.05, 0) is 44.2 Å². The first-order valence-electron chi connectivity index (χ1n) is 6.93. The van der Waals surface area contributed by atoms with E-state index in [-0.39, 0.29) is 6.10 Å². The Balaban J connectivity index is 2.64. The summed E-state index contributed by atoms with van der Waals surface area (Å²) in [5.74, 6) is 0. The first kappa shape index (κ1) is 14.0. The average Bonchev–Trinajstić information content (AvgIpc) is 2.24. The van der Waals surface area contributed by atoms with Gasteiger partial charge >= 0.3 is 0 Å². The Bertz CT molecular complexity index is 203. The van der Waals surface area contributed by atoms with Crippen LogP contribution in [-0.4, -0.2) is 35.2 Å². The number of unbranched alkanes of at least 4 members (excludes halogenated alkanes) is 1. The molecule has 0 bridgehead atoms. The van der Waals surface area contributed by atoms with Gasteiger partial charge in [0, 0.05) is 6.04 Å². The standard InChI is InChI=1S/C14H29NO/c1-5-7-10-15(6-2)13-11-12(16)8-9-14(13,3)4/h12-13,16H,5-11H2,1-4H3. The average molecular weight is 227 g/mol. The highest BCUT2D eigenvalue weighted by Crippen LogP contribution is 2.38. The van der Waals surface area contributed by atoms with Crippen LogP contribution in [0.25, 0.3) is 0 Å². The highest BCUT2D eigenvalue weighted by atomic mass is 16.3. The van der Waals surface area contributed by atoms with Crippen molar-refractivity contribution in [1.82, 2.24) is 4.90 Å². The molecule has 1 rings (SSSR count). The van der Waals surface area contributed by atoms with E-state index in [4.69, 9.17) is 0 Å². The van der Waals surface area contributed by atoms with Crippen molar-refractivity contribution in [1.29, 1.82) is 0 Å². The van der Waals surface area contributed by atoms with Crippen molar-refractivity contribution < 1.29 is 5.11 Å². The molecule has 1 aliphatic rings. The largest absolute Gasteiger partial charge is 0.393 e. The number of hydrogen-bond donors (Lipinski definition) is 1. The van der Waals surface area contributed by atoms with Crippen LogP contribution < -0.4 is 0 Å². The third-order valence-corrected chi connectivity index (χ3v) is 4.17. The lowest BCUT2D eigenvalue weighted by Gasteiger charge is -2.46. The lowest BCUT2D eigenvalue weighted by Crippen LogP contribution is -2.50. The van der Waals surface area contributed by atoms with Crippen LogP contribution in [0.5, 0.6) is 0 Å². The maximum atomic E-state index is 9.85. The summed E-state index contributed by atoms with van der Waals surface area (Å²) >= 11 is 0. The maximum absolute atomic E-state index is 9.85. The van der Waals surface area contributed by atoms with Crippen LogP contribution in [-0.2, 0) is 0 Å². The summed E-state index contributed by atoms with van der Waals surface area (Å²) in [6, 6.07) is 0.563. The van der Waals surface area contributed by atoms with E-state index in [9.17, 15) is 5.11 Å². The van der Waals surface area contributed by atoms with Crippen LogP contribution >= 0.6 is 0 Å². The number of hydrogen-bond acceptors (Lipinski definition) is 2. The molecule has 2 nitrogen and oxygen atoms in total. The van der Waals surface area contributed by atoms with Crippen LogP contribution in [0, 0.1) is 5.41 Å². The van der Waals surface area contributed by atoms with Crippen molar-refractivity contribution in [3.63, 3.8) is 0 Å². The molecule has 0 aromatic rings. The summed E-state index contributed by atoms with van der Waals surface area (Å²) in [5.41, 5.74) is 0.364. The maximum Gasteiger partial charge on any atom is 0.0555 e. The predicted octanol–water partition coefficient (Wildman–Crippen LogP) is 3.05. The zero-order chi connectivity index (χ0) is 12.2. The van der Waals surface area contributed by atoms with Gasteiger partial charge in [0.15, 0.2) is 0 Å². The van der Waals surface area contributed by atoms with Gasteiger partial charge in [-0.15, -0.1) is 0 Å². The van der Waals surface area contributed by atoms with E-state index in [1.54, 1.807) is 0 Å². The molecule has 1 fully saturated rings. The fourth-order valence-electron chi connectivity index (χ4n) is 2.94. The van der Waals surface area contributed by atoms with Gasteiger partial charge in [-0.3, -0.25) is 0 Å². The number of rotatable bonds is 5. The molecule has 2 heteroatoms. The minimum atomic E-state index is -0.0753. The summed E-state index contributed by atoms with van der Waals surface area (Å²) < 4.78 is 0. The molecule has 2 atom stereocenters. The Labute approximate surface area is 101 Å². The Hall–Kier alpha value is -0.0800. The van der Waals surface area contributed by atoms with E-state index in [1.165, 1.54) is 19.4 Å².